The summed E-state index contributed by atoms with van der Waals surface area (Å²) in [6.45, 7) is 0. The zero-order chi connectivity index (χ0) is 12.5. The van der Waals surface area contributed by atoms with E-state index in [0.29, 0.717) is 10.6 Å². The number of aromatic nitrogens is 2. The average molecular weight is 257 g/mol. The van der Waals surface area contributed by atoms with Crippen LogP contribution in [0.4, 0.5) is 0 Å². The van der Waals surface area contributed by atoms with Gasteiger partial charge in [-0.1, -0.05) is 11.6 Å². The highest BCUT2D eigenvalue weighted by atomic mass is 35.5. The molecule has 2 aromatic heterocycles. The third-order valence-corrected chi connectivity index (χ3v) is 3.12. The fraction of sp³-hybridized carbons (Fsp3) is 0. The average Bonchev–Trinajstić information content (AvgIpc) is 2.77. The molecule has 0 atom stereocenters. The summed E-state index contributed by atoms with van der Waals surface area (Å²) in [5, 5.41) is 1.45. The number of benzene rings is 1. The van der Waals surface area contributed by atoms with Gasteiger partial charge < -0.3 is 4.98 Å². The van der Waals surface area contributed by atoms with Crippen LogP contribution < -0.4 is 0 Å². The summed E-state index contributed by atoms with van der Waals surface area (Å²) in [6, 6.07) is 9.18. The van der Waals surface area contributed by atoms with E-state index in [2.05, 4.69) is 9.97 Å². The summed E-state index contributed by atoms with van der Waals surface area (Å²) in [5.41, 5.74) is 3.25. The standard InChI is InChI=1S/C14H9ClN2O/c15-10-1-2-13-11(7-10)12(8-18)14(17-13)9-3-5-16-6-4-9/h1-8,17H. The number of halogens is 1. The summed E-state index contributed by atoms with van der Waals surface area (Å²) >= 11 is 5.96. The molecule has 4 heteroatoms. The predicted molar refractivity (Wildman–Crippen MR) is 71.9 cm³/mol. The Morgan fingerprint density at radius 2 is 1.94 bits per heavy atom. The molecule has 0 saturated carbocycles. The number of hydrogen-bond acceptors (Lipinski definition) is 2. The van der Waals surface area contributed by atoms with Gasteiger partial charge in [-0.25, -0.2) is 0 Å². The van der Waals surface area contributed by atoms with Gasteiger partial charge in [0.2, 0.25) is 0 Å². The van der Waals surface area contributed by atoms with Crippen LogP contribution in [0.2, 0.25) is 5.02 Å². The molecule has 0 aliphatic heterocycles. The molecule has 0 aliphatic rings. The third kappa shape index (κ3) is 1.69. The van der Waals surface area contributed by atoms with Crippen LogP contribution in [0.1, 0.15) is 10.4 Å². The van der Waals surface area contributed by atoms with Gasteiger partial charge in [-0.2, -0.15) is 0 Å². The van der Waals surface area contributed by atoms with Crippen molar-refractivity contribution in [1.29, 1.82) is 0 Å². The van der Waals surface area contributed by atoms with Crippen molar-refractivity contribution >= 4 is 28.8 Å². The molecule has 3 nitrogen and oxygen atoms in total. The van der Waals surface area contributed by atoms with E-state index >= 15 is 0 Å². The monoisotopic (exact) mass is 256 g/mol. The van der Waals surface area contributed by atoms with Crippen molar-refractivity contribution in [2.75, 3.05) is 0 Å². The van der Waals surface area contributed by atoms with Gasteiger partial charge in [-0.15, -0.1) is 0 Å². The minimum atomic E-state index is 0.617. The Labute approximate surface area is 108 Å². The molecule has 3 rings (SSSR count). The van der Waals surface area contributed by atoms with Crippen LogP contribution in [0.3, 0.4) is 0 Å². The molecule has 3 aromatic rings. The number of H-pyrrole nitrogens is 1. The fourth-order valence-electron chi connectivity index (χ4n) is 2.05. The van der Waals surface area contributed by atoms with E-state index < -0.39 is 0 Å². The first-order valence-corrected chi connectivity index (χ1v) is 5.84. The van der Waals surface area contributed by atoms with Gasteiger partial charge in [0.25, 0.3) is 0 Å². The van der Waals surface area contributed by atoms with E-state index in [9.17, 15) is 4.79 Å². The Morgan fingerprint density at radius 1 is 1.17 bits per heavy atom. The van der Waals surface area contributed by atoms with Gasteiger partial charge in [0, 0.05) is 39.4 Å². The zero-order valence-electron chi connectivity index (χ0n) is 9.35. The summed E-state index contributed by atoms with van der Waals surface area (Å²) in [6.07, 6.45) is 4.25. The smallest absolute Gasteiger partial charge is 0.152 e. The summed E-state index contributed by atoms with van der Waals surface area (Å²) < 4.78 is 0. The number of carbonyl (C=O) groups excluding carboxylic acids is 1. The van der Waals surface area contributed by atoms with Crippen molar-refractivity contribution in [1.82, 2.24) is 9.97 Å². The second-order valence-corrected chi connectivity index (χ2v) is 4.39. The number of nitrogens with zero attached hydrogens (tertiary/aromatic N) is 1. The number of pyridine rings is 1. The number of fused-ring (bicyclic) bond motifs is 1. The van der Waals surface area contributed by atoms with E-state index in [1.807, 2.05) is 18.2 Å². The summed E-state index contributed by atoms with van der Waals surface area (Å²) in [7, 11) is 0. The molecule has 0 bridgehead atoms. The molecule has 18 heavy (non-hydrogen) atoms. The molecule has 0 amide bonds. The second-order valence-electron chi connectivity index (χ2n) is 3.96. The molecule has 88 valence electrons. The lowest BCUT2D eigenvalue weighted by atomic mass is 10.1. The highest BCUT2D eigenvalue weighted by Crippen LogP contribution is 2.30. The largest absolute Gasteiger partial charge is 0.354 e. The minimum absolute atomic E-state index is 0.617. The van der Waals surface area contributed by atoms with Crippen LogP contribution in [0, 0.1) is 0 Å². The van der Waals surface area contributed by atoms with Crippen LogP contribution in [0.5, 0.6) is 0 Å². The molecule has 1 N–H and O–H groups in total. The van der Waals surface area contributed by atoms with Gasteiger partial charge in [0.1, 0.15) is 0 Å². The lowest BCUT2D eigenvalue weighted by Crippen LogP contribution is -1.84. The minimum Gasteiger partial charge on any atom is -0.354 e. The number of carbonyl (C=O) groups is 1. The molecule has 0 aliphatic carbocycles. The normalized spacial score (nSPS) is 10.7. The number of hydrogen-bond donors (Lipinski definition) is 1. The first-order valence-electron chi connectivity index (χ1n) is 5.46. The first-order chi connectivity index (χ1) is 8.79. The lowest BCUT2D eigenvalue weighted by molar-refractivity contribution is 0.112. The zero-order valence-corrected chi connectivity index (χ0v) is 10.1. The van der Waals surface area contributed by atoms with E-state index in [-0.39, 0.29) is 0 Å². The molecule has 2 heterocycles. The highest BCUT2D eigenvalue weighted by Gasteiger charge is 2.12. The van der Waals surface area contributed by atoms with Crippen LogP contribution in [-0.2, 0) is 0 Å². The number of aromatic amines is 1. The molecule has 1 aromatic carbocycles. The van der Waals surface area contributed by atoms with Crippen molar-refractivity contribution < 1.29 is 4.79 Å². The SMILES string of the molecule is O=Cc1c(-c2ccncc2)[nH]c2ccc(Cl)cc12. The Balaban J connectivity index is 2.33. The topological polar surface area (TPSA) is 45.8 Å². The van der Waals surface area contributed by atoms with Crippen molar-refractivity contribution in [2.24, 2.45) is 0 Å². The van der Waals surface area contributed by atoms with E-state index in [1.54, 1.807) is 24.5 Å². The fourth-order valence-corrected chi connectivity index (χ4v) is 2.23. The van der Waals surface area contributed by atoms with Crippen molar-refractivity contribution in [3.05, 3.63) is 53.3 Å². The maximum absolute atomic E-state index is 11.3. The molecule has 0 radical (unpaired) electrons. The molecular formula is C14H9ClN2O. The molecule has 0 saturated heterocycles. The van der Waals surface area contributed by atoms with Gasteiger partial charge in [-0.05, 0) is 30.3 Å². The molecule has 0 spiro atoms. The van der Waals surface area contributed by atoms with Gasteiger partial charge in [0.15, 0.2) is 6.29 Å². The van der Waals surface area contributed by atoms with Gasteiger partial charge in [-0.3, -0.25) is 9.78 Å². The van der Waals surface area contributed by atoms with Crippen LogP contribution >= 0.6 is 11.6 Å². The van der Waals surface area contributed by atoms with Gasteiger partial charge >= 0.3 is 0 Å². The van der Waals surface area contributed by atoms with Crippen LogP contribution in [0.15, 0.2) is 42.7 Å². The summed E-state index contributed by atoms with van der Waals surface area (Å²) in [4.78, 5) is 18.5. The molecule has 0 fully saturated rings. The van der Waals surface area contributed by atoms with E-state index in [0.717, 1.165) is 28.4 Å². The third-order valence-electron chi connectivity index (χ3n) is 2.89. The Bertz CT molecular complexity index is 719. The number of nitrogens with one attached hydrogen (secondary N) is 1. The first kappa shape index (κ1) is 11.0. The molecule has 0 unspecified atom stereocenters. The quantitative estimate of drug-likeness (QED) is 0.711. The summed E-state index contributed by atoms with van der Waals surface area (Å²) in [5.74, 6) is 0. The number of aldehydes is 1. The predicted octanol–water partition coefficient (Wildman–Crippen LogP) is 3.70. The lowest BCUT2D eigenvalue weighted by Gasteiger charge is -1.98. The highest BCUT2D eigenvalue weighted by molar-refractivity contribution is 6.31. The van der Waals surface area contributed by atoms with E-state index in [4.69, 9.17) is 11.6 Å². The maximum Gasteiger partial charge on any atom is 0.152 e. The molecular weight excluding hydrogens is 248 g/mol. The van der Waals surface area contributed by atoms with Crippen molar-refractivity contribution in [3.8, 4) is 11.3 Å². The van der Waals surface area contributed by atoms with Crippen molar-refractivity contribution in [3.63, 3.8) is 0 Å². The van der Waals surface area contributed by atoms with Gasteiger partial charge in [0.05, 0.1) is 5.69 Å². The van der Waals surface area contributed by atoms with Crippen LogP contribution in [-0.4, -0.2) is 16.3 Å². The Morgan fingerprint density at radius 3 is 2.67 bits per heavy atom. The van der Waals surface area contributed by atoms with Crippen molar-refractivity contribution in [2.45, 2.75) is 0 Å². The number of rotatable bonds is 2. The van der Waals surface area contributed by atoms with Crippen LogP contribution in [0.25, 0.3) is 22.2 Å². The van der Waals surface area contributed by atoms with E-state index in [1.165, 1.54) is 0 Å². The Kier molecular flexibility index (Phi) is 2.61. The maximum atomic E-state index is 11.3. The second kappa shape index (κ2) is 4.27. The Hall–Kier alpha value is -2.13.